The number of hydrogen-bond donors (Lipinski definition) is 1. The summed E-state index contributed by atoms with van der Waals surface area (Å²) in [6, 6.07) is 7.30. The Balaban J connectivity index is 1.59. The lowest BCUT2D eigenvalue weighted by molar-refractivity contribution is 0.103. The van der Waals surface area contributed by atoms with Gasteiger partial charge in [0.1, 0.15) is 4.83 Å². The van der Waals surface area contributed by atoms with Crippen molar-refractivity contribution in [3.05, 3.63) is 34.8 Å². The Morgan fingerprint density at radius 1 is 1.32 bits per heavy atom. The Hall–Kier alpha value is -2.54. The molecule has 7 heteroatoms. The summed E-state index contributed by atoms with van der Waals surface area (Å²) >= 11 is 1.47. The molecule has 0 aliphatic carbocycles. The van der Waals surface area contributed by atoms with Crippen LogP contribution in [-0.4, -0.2) is 22.5 Å². The van der Waals surface area contributed by atoms with Crippen LogP contribution in [0.2, 0.25) is 0 Å². The van der Waals surface area contributed by atoms with Gasteiger partial charge in [-0.3, -0.25) is 9.48 Å². The van der Waals surface area contributed by atoms with Crippen molar-refractivity contribution in [2.45, 2.75) is 27.3 Å². The zero-order valence-corrected chi connectivity index (χ0v) is 15.1. The van der Waals surface area contributed by atoms with E-state index in [0.29, 0.717) is 28.0 Å². The fraction of sp³-hybridized carbons (Fsp3) is 0.333. The molecule has 1 aliphatic heterocycles. The van der Waals surface area contributed by atoms with Crippen LogP contribution in [0.3, 0.4) is 0 Å². The van der Waals surface area contributed by atoms with Crippen LogP contribution in [0.4, 0.5) is 5.69 Å². The van der Waals surface area contributed by atoms with Crippen molar-refractivity contribution in [3.8, 4) is 11.5 Å². The predicted molar refractivity (Wildman–Crippen MR) is 97.7 cm³/mol. The molecule has 3 heterocycles. The van der Waals surface area contributed by atoms with Gasteiger partial charge in [-0.25, -0.2) is 0 Å². The van der Waals surface area contributed by atoms with E-state index >= 15 is 0 Å². The fourth-order valence-corrected chi connectivity index (χ4v) is 3.93. The molecule has 0 saturated carbocycles. The van der Waals surface area contributed by atoms with Crippen LogP contribution in [0.1, 0.15) is 29.2 Å². The SMILES string of the molecule is Cc1nn(CC(C)C)c2sc(C(=O)Nc3ccc4c(c3)OCO4)cc12. The summed E-state index contributed by atoms with van der Waals surface area (Å²) in [7, 11) is 0. The summed E-state index contributed by atoms with van der Waals surface area (Å²) in [5.74, 6) is 1.72. The minimum Gasteiger partial charge on any atom is -0.454 e. The number of carbonyl (C=O) groups is 1. The maximum atomic E-state index is 12.6. The molecular formula is C18H19N3O3S. The molecule has 6 nitrogen and oxygen atoms in total. The van der Waals surface area contributed by atoms with E-state index in [4.69, 9.17) is 9.47 Å². The number of carbonyl (C=O) groups excluding carboxylic acids is 1. The van der Waals surface area contributed by atoms with Crippen LogP contribution in [0.15, 0.2) is 24.3 Å². The monoisotopic (exact) mass is 357 g/mol. The number of nitrogens with zero attached hydrogens (tertiary/aromatic N) is 2. The highest BCUT2D eigenvalue weighted by Crippen LogP contribution is 2.35. The minimum absolute atomic E-state index is 0.129. The molecule has 3 aromatic rings. The van der Waals surface area contributed by atoms with Crippen molar-refractivity contribution in [2.24, 2.45) is 5.92 Å². The number of nitrogens with one attached hydrogen (secondary N) is 1. The van der Waals surface area contributed by atoms with Gasteiger partial charge in [0.15, 0.2) is 11.5 Å². The first-order valence-corrected chi connectivity index (χ1v) is 9.01. The summed E-state index contributed by atoms with van der Waals surface area (Å²) in [6.45, 7) is 7.35. The van der Waals surface area contributed by atoms with E-state index < -0.39 is 0 Å². The normalized spacial score (nSPS) is 13.0. The van der Waals surface area contributed by atoms with Crippen molar-refractivity contribution >= 4 is 33.1 Å². The lowest BCUT2D eigenvalue weighted by atomic mass is 10.2. The van der Waals surface area contributed by atoms with Gasteiger partial charge < -0.3 is 14.8 Å². The molecule has 130 valence electrons. The van der Waals surface area contributed by atoms with Crippen molar-refractivity contribution < 1.29 is 14.3 Å². The minimum atomic E-state index is -0.129. The van der Waals surface area contributed by atoms with Crippen molar-refractivity contribution in [1.82, 2.24) is 9.78 Å². The van der Waals surface area contributed by atoms with Gasteiger partial charge in [0.05, 0.1) is 10.6 Å². The molecule has 1 N–H and O–H groups in total. The fourth-order valence-electron chi connectivity index (χ4n) is 2.86. The molecule has 0 atom stereocenters. The molecule has 0 spiro atoms. The van der Waals surface area contributed by atoms with E-state index in [-0.39, 0.29) is 12.7 Å². The molecule has 25 heavy (non-hydrogen) atoms. The highest BCUT2D eigenvalue weighted by molar-refractivity contribution is 7.20. The van der Waals surface area contributed by atoms with Crippen LogP contribution in [-0.2, 0) is 6.54 Å². The quantitative estimate of drug-likeness (QED) is 0.765. The van der Waals surface area contributed by atoms with Gasteiger partial charge in [-0.2, -0.15) is 5.10 Å². The van der Waals surface area contributed by atoms with Gasteiger partial charge in [-0.15, -0.1) is 11.3 Å². The van der Waals surface area contributed by atoms with E-state index in [1.807, 2.05) is 23.7 Å². The van der Waals surface area contributed by atoms with E-state index in [1.165, 1.54) is 11.3 Å². The first-order chi connectivity index (χ1) is 12.0. The van der Waals surface area contributed by atoms with E-state index in [2.05, 4.69) is 24.3 Å². The standard InChI is InChI=1S/C18H19N3O3S/c1-10(2)8-21-18-13(11(3)20-21)7-16(25-18)17(22)19-12-4-5-14-15(6-12)24-9-23-14/h4-7,10H,8-9H2,1-3H3,(H,19,22). The van der Waals surface area contributed by atoms with Gasteiger partial charge in [-0.1, -0.05) is 13.8 Å². The summed E-state index contributed by atoms with van der Waals surface area (Å²) < 4.78 is 12.6. The third-order valence-corrected chi connectivity index (χ3v) is 5.15. The Bertz CT molecular complexity index is 958. The third kappa shape index (κ3) is 2.95. The first kappa shape index (κ1) is 16.0. The number of ether oxygens (including phenoxy) is 2. The highest BCUT2D eigenvalue weighted by atomic mass is 32.1. The number of benzene rings is 1. The lowest BCUT2D eigenvalue weighted by Gasteiger charge is -2.06. The van der Waals surface area contributed by atoms with Crippen molar-refractivity contribution in [2.75, 3.05) is 12.1 Å². The van der Waals surface area contributed by atoms with Crippen LogP contribution in [0.5, 0.6) is 11.5 Å². The second-order valence-electron chi connectivity index (χ2n) is 6.51. The third-order valence-electron chi connectivity index (χ3n) is 4.00. The second kappa shape index (κ2) is 6.07. The van der Waals surface area contributed by atoms with Gasteiger partial charge >= 0.3 is 0 Å². The van der Waals surface area contributed by atoms with E-state index in [0.717, 1.165) is 22.5 Å². The van der Waals surface area contributed by atoms with Crippen LogP contribution >= 0.6 is 11.3 Å². The maximum absolute atomic E-state index is 12.6. The molecule has 1 amide bonds. The number of amides is 1. The first-order valence-electron chi connectivity index (χ1n) is 8.19. The molecule has 0 unspecified atom stereocenters. The predicted octanol–water partition coefficient (Wildman–Crippen LogP) is 4.04. The number of rotatable bonds is 4. The van der Waals surface area contributed by atoms with E-state index in [9.17, 15) is 4.79 Å². The van der Waals surface area contributed by atoms with Crippen molar-refractivity contribution in [3.63, 3.8) is 0 Å². The van der Waals surface area contributed by atoms with Gasteiger partial charge in [-0.05, 0) is 31.0 Å². The van der Waals surface area contributed by atoms with Gasteiger partial charge in [0.2, 0.25) is 6.79 Å². The zero-order chi connectivity index (χ0) is 17.6. The maximum Gasteiger partial charge on any atom is 0.265 e. The average molecular weight is 357 g/mol. The molecule has 0 fully saturated rings. The largest absolute Gasteiger partial charge is 0.454 e. The molecule has 0 saturated heterocycles. The lowest BCUT2D eigenvalue weighted by Crippen LogP contribution is -2.10. The summed E-state index contributed by atoms with van der Waals surface area (Å²) in [5.41, 5.74) is 1.64. The number of anilines is 1. The van der Waals surface area contributed by atoms with Gasteiger partial charge in [0.25, 0.3) is 5.91 Å². The second-order valence-corrected chi connectivity index (χ2v) is 7.54. The topological polar surface area (TPSA) is 65.4 Å². The van der Waals surface area contributed by atoms with Crippen LogP contribution in [0, 0.1) is 12.8 Å². The molecule has 1 aliphatic rings. The Morgan fingerprint density at radius 3 is 2.92 bits per heavy atom. The molecule has 0 bridgehead atoms. The Morgan fingerprint density at radius 2 is 2.12 bits per heavy atom. The average Bonchev–Trinajstić information content (AvgIpc) is 3.24. The molecule has 0 radical (unpaired) electrons. The summed E-state index contributed by atoms with van der Waals surface area (Å²) in [4.78, 5) is 14.3. The summed E-state index contributed by atoms with van der Waals surface area (Å²) in [6.07, 6.45) is 0. The molecular weight excluding hydrogens is 338 g/mol. The highest BCUT2D eigenvalue weighted by Gasteiger charge is 2.18. The number of hydrogen-bond acceptors (Lipinski definition) is 5. The van der Waals surface area contributed by atoms with E-state index in [1.54, 1.807) is 12.1 Å². The number of fused-ring (bicyclic) bond motifs is 2. The zero-order valence-electron chi connectivity index (χ0n) is 14.3. The Kier molecular flexibility index (Phi) is 3.88. The molecule has 2 aromatic heterocycles. The molecule has 4 rings (SSSR count). The van der Waals surface area contributed by atoms with Crippen LogP contribution in [0.25, 0.3) is 10.2 Å². The summed E-state index contributed by atoms with van der Waals surface area (Å²) in [5, 5.41) is 8.55. The number of thiophene rings is 1. The smallest absolute Gasteiger partial charge is 0.265 e. The molecule has 1 aromatic carbocycles. The van der Waals surface area contributed by atoms with Crippen LogP contribution < -0.4 is 14.8 Å². The Labute approximate surface area is 149 Å². The number of aryl methyl sites for hydroxylation is 1. The van der Waals surface area contributed by atoms with Gasteiger partial charge in [0, 0.05) is 23.7 Å². The van der Waals surface area contributed by atoms with Crippen molar-refractivity contribution in [1.29, 1.82) is 0 Å². The number of aromatic nitrogens is 2.